The number of likely N-dealkylation sites (N-methyl/N-ethyl adjacent to an activating group) is 1. The molecule has 1 saturated heterocycles. The number of amides is 1. The van der Waals surface area contributed by atoms with Crippen molar-refractivity contribution in [3.63, 3.8) is 0 Å². The number of rotatable bonds is 2. The van der Waals surface area contributed by atoms with Crippen LogP contribution in [0.2, 0.25) is 0 Å². The fourth-order valence-electron chi connectivity index (χ4n) is 1.66. The molecule has 4 nitrogen and oxygen atoms in total. The molecule has 0 aromatic heterocycles. The maximum absolute atomic E-state index is 11.8. The lowest BCUT2D eigenvalue weighted by atomic mass is 10.1. The van der Waals surface area contributed by atoms with Gasteiger partial charge < -0.3 is 10.2 Å². The molecule has 0 saturated carbocycles. The first-order chi connectivity index (χ1) is 8.49. The first-order valence-corrected chi connectivity index (χ1v) is 5.98. The quantitative estimate of drug-likeness (QED) is 0.645. The lowest BCUT2D eigenvalue weighted by Gasteiger charge is -2.11. The number of nitrogens with zero attached hydrogens (tertiary/aromatic N) is 2. The molecule has 1 heterocycles. The number of benzene rings is 1. The predicted molar refractivity (Wildman–Crippen MR) is 77.2 cm³/mol. The van der Waals surface area contributed by atoms with Crippen LogP contribution in [0.1, 0.15) is 5.56 Å². The average Bonchev–Trinajstić information content (AvgIpc) is 2.58. The Kier molecular flexibility index (Phi) is 3.34. The smallest absolute Gasteiger partial charge is 0.276 e. The second kappa shape index (κ2) is 4.78. The Hall–Kier alpha value is -1.88. The summed E-state index contributed by atoms with van der Waals surface area (Å²) in [6.45, 7) is 0. The van der Waals surface area contributed by atoms with Crippen molar-refractivity contribution in [2.24, 2.45) is 0 Å². The monoisotopic (exact) mass is 261 g/mol. The van der Waals surface area contributed by atoms with Gasteiger partial charge in [-0.3, -0.25) is 9.69 Å². The van der Waals surface area contributed by atoms with Crippen molar-refractivity contribution in [3.05, 3.63) is 35.5 Å². The molecule has 5 heteroatoms. The Balaban J connectivity index is 2.24. The largest absolute Gasteiger partial charge is 0.378 e. The van der Waals surface area contributed by atoms with Crippen molar-refractivity contribution in [2.45, 2.75) is 0 Å². The molecule has 0 aliphatic carbocycles. The molecule has 1 aliphatic heterocycles. The van der Waals surface area contributed by atoms with Gasteiger partial charge >= 0.3 is 0 Å². The predicted octanol–water partition coefficient (Wildman–Crippen LogP) is 1.44. The van der Waals surface area contributed by atoms with Gasteiger partial charge in [0.25, 0.3) is 5.91 Å². The summed E-state index contributed by atoms with van der Waals surface area (Å²) >= 11 is 5.01. The molecule has 1 aromatic rings. The van der Waals surface area contributed by atoms with Gasteiger partial charge in [0.15, 0.2) is 5.11 Å². The summed E-state index contributed by atoms with van der Waals surface area (Å²) in [6.07, 6.45) is 1.80. The third kappa shape index (κ3) is 2.36. The highest BCUT2D eigenvalue weighted by molar-refractivity contribution is 7.80. The second-order valence-corrected chi connectivity index (χ2v) is 4.72. The third-order valence-electron chi connectivity index (χ3n) is 2.80. The van der Waals surface area contributed by atoms with Crippen molar-refractivity contribution >= 4 is 35.0 Å². The standard InChI is InChI=1S/C13H15N3OS/c1-15(2)10-6-4-9(5-7-10)8-11-12(17)16(3)13(18)14-11/h4-8H,1-3H3,(H,14,18)/b11-8-. The van der Waals surface area contributed by atoms with Gasteiger partial charge in [-0.15, -0.1) is 0 Å². The number of thiocarbonyl (C=S) groups is 1. The van der Waals surface area contributed by atoms with Crippen LogP contribution in [-0.4, -0.2) is 37.1 Å². The first-order valence-electron chi connectivity index (χ1n) is 5.57. The van der Waals surface area contributed by atoms with Crippen LogP contribution in [0.3, 0.4) is 0 Å². The zero-order chi connectivity index (χ0) is 13.3. The summed E-state index contributed by atoms with van der Waals surface area (Å²) in [5.74, 6) is -0.100. The number of carbonyl (C=O) groups is 1. The summed E-state index contributed by atoms with van der Waals surface area (Å²) in [6, 6.07) is 7.96. The van der Waals surface area contributed by atoms with Crippen LogP contribution in [0.25, 0.3) is 6.08 Å². The zero-order valence-electron chi connectivity index (χ0n) is 10.6. The van der Waals surface area contributed by atoms with E-state index in [1.54, 1.807) is 13.1 Å². The van der Waals surface area contributed by atoms with Crippen LogP contribution in [0, 0.1) is 0 Å². The molecule has 1 amide bonds. The van der Waals surface area contributed by atoms with Gasteiger partial charge in [-0.2, -0.15) is 0 Å². The van der Waals surface area contributed by atoms with Crippen molar-refractivity contribution in [1.29, 1.82) is 0 Å². The molecule has 1 fully saturated rings. The van der Waals surface area contributed by atoms with Crippen LogP contribution < -0.4 is 10.2 Å². The minimum absolute atomic E-state index is 0.100. The van der Waals surface area contributed by atoms with Crippen molar-refractivity contribution in [3.8, 4) is 0 Å². The van der Waals surface area contributed by atoms with Crippen molar-refractivity contribution in [1.82, 2.24) is 10.2 Å². The van der Waals surface area contributed by atoms with E-state index in [0.717, 1.165) is 11.3 Å². The van der Waals surface area contributed by atoms with E-state index in [0.29, 0.717) is 10.8 Å². The third-order valence-corrected chi connectivity index (χ3v) is 3.18. The Bertz CT molecular complexity index is 520. The molecule has 94 valence electrons. The summed E-state index contributed by atoms with van der Waals surface area (Å²) in [5, 5.41) is 3.34. The van der Waals surface area contributed by atoms with Gasteiger partial charge in [-0.25, -0.2) is 0 Å². The first kappa shape index (κ1) is 12.6. The minimum atomic E-state index is -0.100. The van der Waals surface area contributed by atoms with Gasteiger partial charge in [-0.1, -0.05) is 12.1 Å². The van der Waals surface area contributed by atoms with Crippen molar-refractivity contribution in [2.75, 3.05) is 26.0 Å². The zero-order valence-corrected chi connectivity index (χ0v) is 11.4. The lowest BCUT2D eigenvalue weighted by molar-refractivity contribution is -0.121. The molecular weight excluding hydrogens is 246 g/mol. The van der Waals surface area contributed by atoms with Gasteiger partial charge in [0, 0.05) is 26.8 Å². The molecule has 0 radical (unpaired) electrons. The van der Waals surface area contributed by atoms with E-state index in [-0.39, 0.29) is 5.91 Å². The van der Waals surface area contributed by atoms with Crippen LogP contribution >= 0.6 is 12.2 Å². The SMILES string of the molecule is CN1C(=O)/C(=C/c2ccc(N(C)C)cc2)NC1=S. The fourth-order valence-corrected chi connectivity index (χ4v) is 1.85. The second-order valence-electron chi connectivity index (χ2n) is 4.34. The van der Waals surface area contributed by atoms with Crippen molar-refractivity contribution < 1.29 is 4.79 Å². The Morgan fingerprint density at radius 2 is 1.89 bits per heavy atom. The van der Waals surface area contributed by atoms with Gasteiger partial charge in [0.2, 0.25) is 0 Å². The molecule has 18 heavy (non-hydrogen) atoms. The molecule has 0 unspecified atom stereocenters. The lowest BCUT2D eigenvalue weighted by Crippen LogP contribution is -2.25. The van der Waals surface area contributed by atoms with E-state index in [4.69, 9.17) is 12.2 Å². The van der Waals surface area contributed by atoms with Gasteiger partial charge in [-0.05, 0) is 36.0 Å². The Labute approximate surface area is 112 Å². The maximum Gasteiger partial charge on any atom is 0.276 e. The Morgan fingerprint density at radius 3 is 2.33 bits per heavy atom. The number of nitrogens with one attached hydrogen (secondary N) is 1. The van der Waals surface area contributed by atoms with Crippen LogP contribution in [0.5, 0.6) is 0 Å². The molecule has 0 atom stereocenters. The highest BCUT2D eigenvalue weighted by Gasteiger charge is 2.26. The summed E-state index contributed by atoms with van der Waals surface area (Å²) in [5.41, 5.74) is 2.60. The number of hydrogen-bond donors (Lipinski definition) is 1. The minimum Gasteiger partial charge on any atom is -0.378 e. The van der Waals surface area contributed by atoms with E-state index in [1.807, 2.05) is 43.3 Å². The number of hydrogen-bond acceptors (Lipinski definition) is 3. The average molecular weight is 261 g/mol. The van der Waals surface area contributed by atoms with Crippen LogP contribution in [0.4, 0.5) is 5.69 Å². The normalized spacial score (nSPS) is 17.3. The molecule has 0 bridgehead atoms. The molecule has 0 spiro atoms. The van der Waals surface area contributed by atoms with Gasteiger partial charge in [0.1, 0.15) is 5.70 Å². The number of anilines is 1. The van der Waals surface area contributed by atoms with E-state index >= 15 is 0 Å². The van der Waals surface area contributed by atoms with E-state index in [2.05, 4.69) is 5.32 Å². The van der Waals surface area contributed by atoms with E-state index in [1.165, 1.54) is 4.90 Å². The molecule has 1 N–H and O–H groups in total. The van der Waals surface area contributed by atoms with E-state index in [9.17, 15) is 4.79 Å². The van der Waals surface area contributed by atoms with Crippen LogP contribution in [-0.2, 0) is 4.79 Å². The van der Waals surface area contributed by atoms with E-state index < -0.39 is 0 Å². The maximum atomic E-state index is 11.8. The summed E-state index contributed by atoms with van der Waals surface area (Å²) < 4.78 is 0. The molecule has 1 aromatic carbocycles. The molecule has 1 aliphatic rings. The summed E-state index contributed by atoms with van der Waals surface area (Å²) in [7, 11) is 5.64. The molecule has 2 rings (SSSR count). The highest BCUT2D eigenvalue weighted by Crippen LogP contribution is 2.16. The fraction of sp³-hybridized carbons (Fsp3) is 0.231. The topological polar surface area (TPSA) is 35.6 Å². The van der Waals surface area contributed by atoms with Crippen LogP contribution in [0.15, 0.2) is 30.0 Å². The Morgan fingerprint density at radius 1 is 1.28 bits per heavy atom. The highest BCUT2D eigenvalue weighted by atomic mass is 32.1. The summed E-state index contributed by atoms with van der Waals surface area (Å²) in [4.78, 5) is 15.2. The number of carbonyl (C=O) groups excluding carboxylic acids is 1. The van der Waals surface area contributed by atoms with Gasteiger partial charge in [0.05, 0.1) is 0 Å². The molecular formula is C13H15N3OS.